The summed E-state index contributed by atoms with van der Waals surface area (Å²) < 4.78 is 10.5. The van der Waals surface area contributed by atoms with E-state index < -0.39 is 0 Å². The zero-order valence-corrected chi connectivity index (χ0v) is 11.1. The van der Waals surface area contributed by atoms with Crippen LogP contribution in [0.4, 0.5) is 5.82 Å². The van der Waals surface area contributed by atoms with Crippen molar-refractivity contribution in [2.75, 3.05) is 19.5 Å². The van der Waals surface area contributed by atoms with Crippen molar-refractivity contribution in [3.63, 3.8) is 0 Å². The number of anilines is 1. The predicted octanol–water partition coefficient (Wildman–Crippen LogP) is 2.27. The van der Waals surface area contributed by atoms with Gasteiger partial charge in [0.1, 0.15) is 11.6 Å². The summed E-state index contributed by atoms with van der Waals surface area (Å²) in [6.45, 7) is 3.01. The van der Waals surface area contributed by atoms with Crippen LogP contribution in [-0.2, 0) is 11.3 Å². The van der Waals surface area contributed by atoms with Gasteiger partial charge in [0.05, 0.1) is 18.9 Å². The minimum Gasteiger partial charge on any atom is -0.494 e. The molecule has 0 spiro atoms. The molecule has 0 atom stereocenters. The number of benzene rings is 1. The molecule has 5 nitrogen and oxygen atoms in total. The Balaban J connectivity index is 2.29. The maximum atomic E-state index is 5.77. The molecule has 0 unspecified atom stereocenters. The van der Waals surface area contributed by atoms with E-state index in [1.807, 2.05) is 31.2 Å². The molecule has 0 radical (unpaired) electrons. The van der Waals surface area contributed by atoms with Crippen LogP contribution in [0.2, 0.25) is 0 Å². The third-order valence-electron chi connectivity index (χ3n) is 2.51. The van der Waals surface area contributed by atoms with Crippen molar-refractivity contribution in [1.29, 1.82) is 0 Å². The van der Waals surface area contributed by atoms with E-state index in [9.17, 15) is 0 Å². The van der Waals surface area contributed by atoms with Gasteiger partial charge in [-0.15, -0.1) is 0 Å². The van der Waals surface area contributed by atoms with Gasteiger partial charge >= 0.3 is 0 Å². The molecule has 19 heavy (non-hydrogen) atoms. The fraction of sp³-hybridized carbons (Fsp3) is 0.286. The van der Waals surface area contributed by atoms with Crippen LogP contribution < -0.4 is 10.5 Å². The average Bonchev–Trinajstić information content (AvgIpc) is 2.40. The summed E-state index contributed by atoms with van der Waals surface area (Å²) in [5, 5.41) is 0. The summed E-state index contributed by atoms with van der Waals surface area (Å²) in [5.74, 6) is 1.85. The van der Waals surface area contributed by atoms with Gasteiger partial charge in [0.2, 0.25) is 0 Å². The summed E-state index contributed by atoms with van der Waals surface area (Å²) in [5.41, 5.74) is 7.43. The summed E-state index contributed by atoms with van der Waals surface area (Å²) >= 11 is 0. The highest BCUT2D eigenvalue weighted by Crippen LogP contribution is 2.20. The molecule has 1 aromatic heterocycles. The van der Waals surface area contributed by atoms with Crippen molar-refractivity contribution in [3.05, 3.63) is 36.0 Å². The highest BCUT2D eigenvalue weighted by molar-refractivity contribution is 5.58. The molecule has 2 N–H and O–H groups in total. The third-order valence-corrected chi connectivity index (χ3v) is 2.51. The van der Waals surface area contributed by atoms with E-state index in [1.165, 1.54) is 0 Å². The fourth-order valence-corrected chi connectivity index (χ4v) is 1.74. The van der Waals surface area contributed by atoms with Crippen LogP contribution in [0, 0.1) is 0 Å². The van der Waals surface area contributed by atoms with E-state index >= 15 is 0 Å². The second kappa shape index (κ2) is 6.15. The van der Waals surface area contributed by atoms with Crippen LogP contribution in [0.1, 0.15) is 12.6 Å². The first-order valence-corrected chi connectivity index (χ1v) is 6.08. The first kappa shape index (κ1) is 13.3. The number of nitrogen functional groups attached to an aromatic ring is 1. The van der Waals surface area contributed by atoms with Crippen molar-refractivity contribution in [3.8, 4) is 17.1 Å². The van der Waals surface area contributed by atoms with Gasteiger partial charge in [0, 0.05) is 18.7 Å². The molecule has 0 fully saturated rings. The number of ether oxygens (including phenoxy) is 2. The Labute approximate surface area is 112 Å². The lowest BCUT2D eigenvalue weighted by Gasteiger charge is -2.07. The van der Waals surface area contributed by atoms with E-state index in [1.54, 1.807) is 13.2 Å². The Kier molecular flexibility index (Phi) is 4.30. The molecule has 0 amide bonds. The number of nitrogens with two attached hydrogens (primary N) is 1. The molecule has 2 rings (SSSR count). The summed E-state index contributed by atoms with van der Waals surface area (Å²) in [7, 11) is 1.62. The van der Waals surface area contributed by atoms with Crippen molar-refractivity contribution in [2.24, 2.45) is 0 Å². The molecule has 0 aliphatic carbocycles. The number of rotatable bonds is 5. The first-order chi connectivity index (χ1) is 9.22. The number of aromatic nitrogens is 2. The Morgan fingerprint density at radius 2 is 1.89 bits per heavy atom. The number of nitrogens with zero attached hydrogens (tertiary/aromatic N) is 2. The van der Waals surface area contributed by atoms with Gasteiger partial charge in [-0.3, -0.25) is 0 Å². The van der Waals surface area contributed by atoms with Crippen LogP contribution >= 0.6 is 0 Å². The molecule has 100 valence electrons. The zero-order chi connectivity index (χ0) is 13.7. The molecule has 1 heterocycles. The van der Waals surface area contributed by atoms with Gasteiger partial charge in [-0.25, -0.2) is 9.97 Å². The van der Waals surface area contributed by atoms with E-state index in [2.05, 4.69) is 9.97 Å². The maximum absolute atomic E-state index is 5.77. The second-order valence-electron chi connectivity index (χ2n) is 4.00. The van der Waals surface area contributed by atoms with Gasteiger partial charge < -0.3 is 15.2 Å². The standard InChI is InChI=1S/C14H17N3O2/c1-3-19-12-6-4-10(5-7-12)14-16-11(9-18-2)8-13(15)17-14/h4-8H,3,9H2,1-2H3,(H2,15,16,17). The Bertz CT molecular complexity index is 541. The summed E-state index contributed by atoms with van der Waals surface area (Å²) in [6, 6.07) is 9.32. The van der Waals surface area contributed by atoms with Crippen LogP contribution in [0.15, 0.2) is 30.3 Å². The normalized spacial score (nSPS) is 10.4. The van der Waals surface area contributed by atoms with Gasteiger partial charge in [0.25, 0.3) is 0 Å². The minimum atomic E-state index is 0.413. The van der Waals surface area contributed by atoms with Crippen LogP contribution in [0.25, 0.3) is 11.4 Å². The minimum absolute atomic E-state index is 0.413. The number of hydrogen-bond acceptors (Lipinski definition) is 5. The Hall–Kier alpha value is -2.14. The molecule has 0 aliphatic heterocycles. The fourth-order valence-electron chi connectivity index (χ4n) is 1.74. The average molecular weight is 259 g/mol. The summed E-state index contributed by atoms with van der Waals surface area (Å²) in [4.78, 5) is 8.64. The van der Waals surface area contributed by atoms with E-state index in [-0.39, 0.29) is 0 Å². The molecule has 5 heteroatoms. The van der Waals surface area contributed by atoms with Gasteiger partial charge in [-0.1, -0.05) is 0 Å². The molecule has 0 aliphatic rings. The molecule has 0 saturated heterocycles. The lowest BCUT2D eigenvalue weighted by Crippen LogP contribution is -2.01. The monoisotopic (exact) mass is 259 g/mol. The Morgan fingerprint density at radius 3 is 2.53 bits per heavy atom. The second-order valence-corrected chi connectivity index (χ2v) is 4.00. The van der Waals surface area contributed by atoms with Gasteiger partial charge in [-0.05, 0) is 31.2 Å². The number of methoxy groups -OCH3 is 1. The van der Waals surface area contributed by atoms with Crippen molar-refractivity contribution in [1.82, 2.24) is 9.97 Å². The molecule has 0 bridgehead atoms. The van der Waals surface area contributed by atoms with E-state index in [4.69, 9.17) is 15.2 Å². The quantitative estimate of drug-likeness (QED) is 0.892. The van der Waals surface area contributed by atoms with E-state index in [0.29, 0.717) is 24.9 Å². The van der Waals surface area contributed by atoms with Gasteiger partial charge in [-0.2, -0.15) is 0 Å². The molecular formula is C14H17N3O2. The molecule has 0 saturated carbocycles. The predicted molar refractivity (Wildman–Crippen MR) is 73.8 cm³/mol. The maximum Gasteiger partial charge on any atom is 0.161 e. The lowest BCUT2D eigenvalue weighted by atomic mass is 10.2. The van der Waals surface area contributed by atoms with E-state index in [0.717, 1.165) is 17.0 Å². The third kappa shape index (κ3) is 3.42. The lowest BCUT2D eigenvalue weighted by molar-refractivity contribution is 0.181. The number of hydrogen-bond donors (Lipinski definition) is 1. The zero-order valence-electron chi connectivity index (χ0n) is 11.1. The van der Waals surface area contributed by atoms with Crippen molar-refractivity contribution >= 4 is 5.82 Å². The smallest absolute Gasteiger partial charge is 0.161 e. The molecule has 2 aromatic rings. The Morgan fingerprint density at radius 1 is 1.16 bits per heavy atom. The topological polar surface area (TPSA) is 70.3 Å². The first-order valence-electron chi connectivity index (χ1n) is 6.08. The van der Waals surface area contributed by atoms with Crippen LogP contribution in [-0.4, -0.2) is 23.7 Å². The van der Waals surface area contributed by atoms with Crippen molar-refractivity contribution < 1.29 is 9.47 Å². The highest BCUT2D eigenvalue weighted by Gasteiger charge is 2.05. The van der Waals surface area contributed by atoms with Crippen molar-refractivity contribution in [2.45, 2.75) is 13.5 Å². The summed E-state index contributed by atoms with van der Waals surface area (Å²) in [6.07, 6.45) is 0. The highest BCUT2D eigenvalue weighted by atomic mass is 16.5. The van der Waals surface area contributed by atoms with Crippen LogP contribution in [0.5, 0.6) is 5.75 Å². The largest absolute Gasteiger partial charge is 0.494 e. The molecular weight excluding hydrogens is 242 g/mol. The molecule has 1 aromatic carbocycles. The SMILES string of the molecule is CCOc1ccc(-c2nc(N)cc(COC)n2)cc1. The van der Waals surface area contributed by atoms with Crippen LogP contribution in [0.3, 0.4) is 0 Å². The van der Waals surface area contributed by atoms with Gasteiger partial charge in [0.15, 0.2) is 5.82 Å².